The van der Waals surface area contributed by atoms with Crippen LogP contribution in [0.25, 0.3) is 0 Å². The minimum atomic E-state index is -3.64. The number of ether oxygens (including phenoxy) is 1. The average molecular weight is 404 g/mol. The Morgan fingerprint density at radius 2 is 1.79 bits per heavy atom. The monoisotopic (exact) mass is 403 g/mol. The molecular weight excluding hydrogens is 378 g/mol. The molecule has 1 saturated heterocycles. The van der Waals surface area contributed by atoms with E-state index in [1.165, 1.54) is 8.61 Å². The smallest absolute Gasteiger partial charge is 0.282 e. The predicted molar refractivity (Wildman–Crippen MR) is 107 cm³/mol. The first-order valence-electron chi connectivity index (χ1n) is 9.09. The molecule has 1 fully saturated rings. The van der Waals surface area contributed by atoms with Gasteiger partial charge in [-0.05, 0) is 30.2 Å². The van der Waals surface area contributed by atoms with E-state index in [4.69, 9.17) is 4.74 Å². The second-order valence-corrected chi connectivity index (χ2v) is 8.72. The highest BCUT2D eigenvalue weighted by molar-refractivity contribution is 7.87. The zero-order valence-electron chi connectivity index (χ0n) is 16.1. The van der Waals surface area contributed by atoms with Crippen LogP contribution in [0.2, 0.25) is 0 Å². The number of hydrogen-bond acceptors (Lipinski definition) is 4. The van der Waals surface area contributed by atoms with Crippen LogP contribution in [0.4, 0.5) is 0 Å². The van der Waals surface area contributed by atoms with Crippen LogP contribution in [0.1, 0.15) is 16.7 Å². The fourth-order valence-electron chi connectivity index (χ4n) is 3.03. The summed E-state index contributed by atoms with van der Waals surface area (Å²) in [6.07, 6.45) is 0. The summed E-state index contributed by atoms with van der Waals surface area (Å²) in [7, 11) is -2.06. The average Bonchev–Trinajstić information content (AvgIpc) is 2.96. The molecule has 3 rings (SSSR count). The van der Waals surface area contributed by atoms with Crippen molar-refractivity contribution in [1.29, 1.82) is 0 Å². The fraction of sp³-hybridized carbons (Fsp3) is 0.350. The Morgan fingerprint density at radius 1 is 1.07 bits per heavy atom. The molecule has 28 heavy (non-hydrogen) atoms. The van der Waals surface area contributed by atoms with E-state index >= 15 is 0 Å². The van der Waals surface area contributed by atoms with E-state index in [2.05, 4.69) is 5.32 Å². The number of aryl methyl sites for hydroxylation is 1. The van der Waals surface area contributed by atoms with Crippen molar-refractivity contribution in [3.8, 4) is 5.75 Å². The van der Waals surface area contributed by atoms with Crippen LogP contribution >= 0.6 is 0 Å². The minimum absolute atomic E-state index is 0.184. The standard InChI is InChI=1S/C20H25N3O4S/c1-16-6-8-17(9-7-16)14-22-10-11-23(28(22,25)26)15-20(24)21-13-18-4-3-5-19(12-18)27-2/h3-9,12H,10-11,13-15H2,1-2H3,(H,21,24). The molecule has 0 unspecified atom stereocenters. The normalized spacial score (nSPS) is 16.8. The molecule has 2 aromatic carbocycles. The third kappa shape index (κ3) is 4.89. The minimum Gasteiger partial charge on any atom is -0.497 e. The first-order valence-corrected chi connectivity index (χ1v) is 10.5. The second-order valence-electron chi connectivity index (χ2n) is 6.79. The summed E-state index contributed by atoms with van der Waals surface area (Å²) in [4.78, 5) is 12.3. The molecule has 2 aromatic rings. The molecule has 0 bridgehead atoms. The van der Waals surface area contributed by atoms with Gasteiger partial charge >= 0.3 is 0 Å². The zero-order chi connectivity index (χ0) is 20.1. The van der Waals surface area contributed by atoms with Crippen LogP contribution in [-0.4, -0.2) is 49.7 Å². The van der Waals surface area contributed by atoms with Crippen molar-refractivity contribution in [2.75, 3.05) is 26.7 Å². The largest absolute Gasteiger partial charge is 0.497 e. The van der Waals surface area contributed by atoms with Gasteiger partial charge < -0.3 is 10.1 Å². The molecule has 7 nitrogen and oxygen atoms in total. The quantitative estimate of drug-likeness (QED) is 0.763. The summed E-state index contributed by atoms with van der Waals surface area (Å²) >= 11 is 0. The Labute approximate surface area is 166 Å². The van der Waals surface area contributed by atoms with E-state index in [-0.39, 0.29) is 12.5 Å². The number of carbonyl (C=O) groups is 1. The maximum absolute atomic E-state index is 12.7. The molecule has 0 atom stereocenters. The molecule has 0 aliphatic carbocycles. The van der Waals surface area contributed by atoms with Gasteiger partial charge in [0.05, 0.1) is 13.7 Å². The third-order valence-electron chi connectivity index (χ3n) is 4.67. The summed E-state index contributed by atoms with van der Waals surface area (Å²) in [5.74, 6) is 0.379. The molecule has 1 aliphatic heterocycles. The van der Waals surface area contributed by atoms with Crippen molar-refractivity contribution >= 4 is 16.1 Å². The van der Waals surface area contributed by atoms with Gasteiger partial charge in [-0.1, -0.05) is 42.0 Å². The second kappa shape index (κ2) is 8.72. The molecule has 8 heteroatoms. The summed E-state index contributed by atoms with van der Waals surface area (Å²) in [6.45, 7) is 3.11. The number of methoxy groups -OCH3 is 1. The molecule has 1 amide bonds. The van der Waals surface area contributed by atoms with Gasteiger partial charge in [0.25, 0.3) is 10.2 Å². The SMILES string of the molecule is COc1cccc(CNC(=O)CN2CCN(Cc3ccc(C)cc3)S2(=O)=O)c1. The summed E-state index contributed by atoms with van der Waals surface area (Å²) in [5, 5.41) is 2.77. The number of nitrogens with one attached hydrogen (secondary N) is 1. The molecule has 1 N–H and O–H groups in total. The van der Waals surface area contributed by atoms with E-state index in [0.717, 1.165) is 16.7 Å². The van der Waals surface area contributed by atoms with Crippen LogP contribution < -0.4 is 10.1 Å². The summed E-state index contributed by atoms with van der Waals surface area (Å²) in [6, 6.07) is 15.1. The molecular formula is C20H25N3O4S. The molecule has 0 radical (unpaired) electrons. The highest BCUT2D eigenvalue weighted by atomic mass is 32.2. The number of amides is 1. The van der Waals surface area contributed by atoms with E-state index in [1.54, 1.807) is 7.11 Å². The summed E-state index contributed by atoms with van der Waals surface area (Å²) < 4.78 is 33.2. The van der Waals surface area contributed by atoms with Crippen molar-refractivity contribution < 1.29 is 17.9 Å². The molecule has 150 valence electrons. The Hall–Kier alpha value is -2.42. The Kier molecular flexibility index (Phi) is 6.33. The maximum atomic E-state index is 12.7. The highest BCUT2D eigenvalue weighted by Crippen LogP contribution is 2.19. The number of hydrogen-bond donors (Lipinski definition) is 1. The maximum Gasteiger partial charge on any atom is 0.282 e. The van der Waals surface area contributed by atoms with E-state index in [9.17, 15) is 13.2 Å². The Bertz CT molecular complexity index is 929. The topological polar surface area (TPSA) is 79.0 Å². The summed E-state index contributed by atoms with van der Waals surface area (Å²) in [5.41, 5.74) is 2.94. The molecule has 1 aliphatic rings. The lowest BCUT2D eigenvalue weighted by Crippen LogP contribution is -2.40. The van der Waals surface area contributed by atoms with Gasteiger partial charge in [-0.25, -0.2) is 0 Å². The number of benzene rings is 2. The van der Waals surface area contributed by atoms with E-state index < -0.39 is 10.2 Å². The zero-order valence-corrected chi connectivity index (χ0v) is 16.9. The Balaban J connectivity index is 1.55. The third-order valence-corrected chi connectivity index (χ3v) is 6.60. The van der Waals surface area contributed by atoms with Gasteiger partial charge in [-0.15, -0.1) is 0 Å². The lowest BCUT2D eigenvalue weighted by molar-refractivity contribution is -0.121. The van der Waals surface area contributed by atoms with Gasteiger partial charge in [-0.3, -0.25) is 4.79 Å². The van der Waals surface area contributed by atoms with Crippen LogP contribution in [0.5, 0.6) is 5.75 Å². The molecule has 0 spiro atoms. The van der Waals surface area contributed by atoms with Gasteiger partial charge in [0.15, 0.2) is 0 Å². The number of nitrogens with zero attached hydrogens (tertiary/aromatic N) is 2. The lowest BCUT2D eigenvalue weighted by Gasteiger charge is -2.18. The van der Waals surface area contributed by atoms with Crippen LogP contribution in [0.15, 0.2) is 48.5 Å². The van der Waals surface area contributed by atoms with Crippen LogP contribution in [-0.2, 0) is 28.1 Å². The van der Waals surface area contributed by atoms with Crippen molar-refractivity contribution in [2.24, 2.45) is 0 Å². The van der Waals surface area contributed by atoms with Gasteiger partial charge in [0, 0.05) is 26.2 Å². The fourth-order valence-corrected chi connectivity index (χ4v) is 4.58. The number of carbonyl (C=O) groups excluding carboxylic acids is 1. The van der Waals surface area contributed by atoms with Crippen molar-refractivity contribution in [3.05, 3.63) is 65.2 Å². The van der Waals surface area contributed by atoms with Crippen molar-refractivity contribution in [2.45, 2.75) is 20.0 Å². The lowest BCUT2D eigenvalue weighted by atomic mass is 10.1. The van der Waals surface area contributed by atoms with Crippen molar-refractivity contribution in [1.82, 2.24) is 13.9 Å². The Morgan fingerprint density at radius 3 is 2.50 bits per heavy atom. The molecule has 0 aromatic heterocycles. The number of rotatable bonds is 7. The predicted octanol–water partition coefficient (Wildman–Crippen LogP) is 1.68. The van der Waals surface area contributed by atoms with Crippen molar-refractivity contribution in [3.63, 3.8) is 0 Å². The highest BCUT2D eigenvalue weighted by Gasteiger charge is 2.37. The van der Waals surface area contributed by atoms with Gasteiger partial charge in [-0.2, -0.15) is 17.0 Å². The van der Waals surface area contributed by atoms with Gasteiger partial charge in [0.2, 0.25) is 5.91 Å². The van der Waals surface area contributed by atoms with E-state index in [0.29, 0.717) is 31.9 Å². The first-order chi connectivity index (χ1) is 13.4. The van der Waals surface area contributed by atoms with Gasteiger partial charge in [0.1, 0.15) is 5.75 Å². The van der Waals surface area contributed by atoms with E-state index in [1.807, 2.05) is 55.5 Å². The molecule has 1 heterocycles. The van der Waals surface area contributed by atoms with Crippen LogP contribution in [0.3, 0.4) is 0 Å². The first kappa shape index (κ1) is 20.3. The molecule has 0 saturated carbocycles. The van der Waals surface area contributed by atoms with Crippen LogP contribution in [0, 0.1) is 6.92 Å².